The zero-order valence-electron chi connectivity index (χ0n) is 11.3. The van der Waals surface area contributed by atoms with Gasteiger partial charge in [-0.25, -0.2) is 0 Å². The Labute approximate surface area is 113 Å². The first-order valence-corrected chi connectivity index (χ1v) is 6.32. The number of nitrogens with zero attached hydrogens (tertiary/aromatic N) is 1. The Morgan fingerprint density at radius 1 is 1.26 bits per heavy atom. The van der Waals surface area contributed by atoms with Crippen LogP contribution in [-0.2, 0) is 24.8 Å². The number of aromatic nitrogens is 1. The van der Waals surface area contributed by atoms with Gasteiger partial charge in [-0.1, -0.05) is 18.2 Å². The lowest BCUT2D eigenvalue weighted by molar-refractivity contribution is -0.119. The first-order chi connectivity index (χ1) is 9.19. The summed E-state index contributed by atoms with van der Waals surface area (Å²) in [4.78, 5) is 11.5. The average molecular weight is 257 g/mol. The van der Waals surface area contributed by atoms with Crippen LogP contribution in [0.3, 0.4) is 0 Å². The summed E-state index contributed by atoms with van der Waals surface area (Å²) in [5.41, 5.74) is 3.24. The van der Waals surface area contributed by atoms with Gasteiger partial charge in [-0.15, -0.1) is 0 Å². The highest BCUT2D eigenvalue weighted by atomic mass is 16.1. The third kappa shape index (κ3) is 3.61. The molecule has 0 bridgehead atoms. The molecule has 0 aliphatic rings. The predicted molar refractivity (Wildman–Crippen MR) is 77.0 cm³/mol. The van der Waals surface area contributed by atoms with Crippen LogP contribution < -0.4 is 10.6 Å². The highest BCUT2D eigenvalue weighted by molar-refractivity contribution is 5.80. The van der Waals surface area contributed by atoms with Gasteiger partial charge in [0.05, 0.1) is 6.42 Å². The largest absolute Gasteiger partial charge is 0.381 e. The number of para-hydroxylation sites is 1. The molecule has 1 amide bonds. The molecule has 2 N–H and O–H groups in total. The molecule has 0 radical (unpaired) electrons. The van der Waals surface area contributed by atoms with Crippen molar-refractivity contribution in [2.45, 2.75) is 13.0 Å². The minimum atomic E-state index is 0.0222. The molecule has 0 aliphatic carbocycles. The summed E-state index contributed by atoms with van der Waals surface area (Å²) in [6.45, 7) is 0.756. The monoisotopic (exact) mass is 257 g/mol. The van der Waals surface area contributed by atoms with E-state index in [0.29, 0.717) is 6.42 Å². The lowest BCUT2D eigenvalue weighted by atomic mass is 10.1. The van der Waals surface area contributed by atoms with E-state index in [4.69, 9.17) is 0 Å². The minimum Gasteiger partial charge on any atom is -0.381 e. The van der Waals surface area contributed by atoms with Crippen LogP contribution in [0.1, 0.15) is 11.1 Å². The van der Waals surface area contributed by atoms with Gasteiger partial charge in [-0.05, 0) is 23.3 Å². The van der Waals surface area contributed by atoms with E-state index in [1.807, 2.05) is 42.1 Å². The van der Waals surface area contributed by atoms with Crippen molar-refractivity contribution in [3.8, 4) is 0 Å². The SMILES string of the molecule is CNC(=O)Cc1ccccc1NCc1ccn(C)c1. The zero-order chi connectivity index (χ0) is 13.7. The van der Waals surface area contributed by atoms with Crippen LogP contribution >= 0.6 is 0 Å². The maximum Gasteiger partial charge on any atom is 0.224 e. The van der Waals surface area contributed by atoms with Crippen LogP contribution in [0.25, 0.3) is 0 Å². The molecule has 2 rings (SSSR count). The number of nitrogens with one attached hydrogen (secondary N) is 2. The molecular weight excluding hydrogens is 238 g/mol. The van der Waals surface area contributed by atoms with Crippen LogP contribution in [0.15, 0.2) is 42.7 Å². The molecule has 0 spiro atoms. The molecule has 19 heavy (non-hydrogen) atoms. The van der Waals surface area contributed by atoms with Gasteiger partial charge in [-0.3, -0.25) is 4.79 Å². The Morgan fingerprint density at radius 2 is 2.05 bits per heavy atom. The first kappa shape index (κ1) is 13.2. The molecule has 0 unspecified atom stereocenters. The zero-order valence-corrected chi connectivity index (χ0v) is 11.3. The number of benzene rings is 1. The average Bonchev–Trinajstić information content (AvgIpc) is 2.83. The van der Waals surface area contributed by atoms with Crippen LogP contribution in [0.5, 0.6) is 0 Å². The second-order valence-electron chi connectivity index (χ2n) is 4.55. The lowest BCUT2D eigenvalue weighted by Gasteiger charge is -2.11. The topological polar surface area (TPSA) is 46.1 Å². The smallest absolute Gasteiger partial charge is 0.224 e. The molecule has 0 atom stereocenters. The fraction of sp³-hybridized carbons (Fsp3) is 0.267. The highest BCUT2D eigenvalue weighted by Crippen LogP contribution is 2.16. The minimum absolute atomic E-state index is 0.0222. The summed E-state index contributed by atoms with van der Waals surface area (Å²) >= 11 is 0. The van der Waals surface area contributed by atoms with Crippen molar-refractivity contribution in [1.82, 2.24) is 9.88 Å². The number of hydrogen-bond acceptors (Lipinski definition) is 2. The number of aryl methyl sites for hydroxylation is 1. The van der Waals surface area contributed by atoms with Crippen molar-refractivity contribution in [2.75, 3.05) is 12.4 Å². The molecule has 1 aromatic heterocycles. The number of likely N-dealkylation sites (N-methyl/N-ethyl adjacent to an activating group) is 1. The summed E-state index contributed by atoms with van der Waals surface area (Å²) in [7, 11) is 3.66. The van der Waals surface area contributed by atoms with Gasteiger partial charge in [0, 0.05) is 38.7 Å². The van der Waals surface area contributed by atoms with Crippen molar-refractivity contribution in [3.63, 3.8) is 0 Å². The van der Waals surface area contributed by atoms with Crippen LogP contribution in [0.2, 0.25) is 0 Å². The van der Waals surface area contributed by atoms with Gasteiger partial charge in [0.15, 0.2) is 0 Å². The fourth-order valence-corrected chi connectivity index (χ4v) is 1.97. The Morgan fingerprint density at radius 3 is 2.74 bits per heavy atom. The number of carbonyl (C=O) groups is 1. The quantitative estimate of drug-likeness (QED) is 0.859. The molecule has 100 valence electrons. The van der Waals surface area contributed by atoms with Gasteiger partial charge in [0.25, 0.3) is 0 Å². The van der Waals surface area contributed by atoms with E-state index in [9.17, 15) is 4.79 Å². The molecule has 1 aromatic carbocycles. The van der Waals surface area contributed by atoms with Crippen molar-refractivity contribution < 1.29 is 4.79 Å². The normalized spacial score (nSPS) is 10.2. The van der Waals surface area contributed by atoms with Gasteiger partial charge in [0.1, 0.15) is 0 Å². The summed E-state index contributed by atoms with van der Waals surface area (Å²) in [5.74, 6) is 0.0222. The van der Waals surface area contributed by atoms with E-state index >= 15 is 0 Å². The molecule has 4 nitrogen and oxygen atoms in total. The van der Waals surface area contributed by atoms with Gasteiger partial charge in [-0.2, -0.15) is 0 Å². The van der Waals surface area contributed by atoms with E-state index < -0.39 is 0 Å². The van der Waals surface area contributed by atoms with Gasteiger partial charge >= 0.3 is 0 Å². The van der Waals surface area contributed by atoms with Crippen molar-refractivity contribution in [1.29, 1.82) is 0 Å². The fourth-order valence-electron chi connectivity index (χ4n) is 1.97. The molecule has 2 aromatic rings. The Kier molecular flexibility index (Phi) is 4.23. The summed E-state index contributed by atoms with van der Waals surface area (Å²) < 4.78 is 2.02. The highest BCUT2D eigenvalue weighted by Gasteiger charge is 2.06. The molecule has 0 aliphatic heterocycles. The van der Waals surface area contributed by atoms with Crippen LogP contribution in [0, 0.1) is 0 Å². The third-order valence-corrected chi connectivity index (χ3v) is 3.02. The first-order valence-electron chi connectivity index (χ1n) is 6.32. The maximum absolute atomic E-state index is 11.5. The maximum atomic E-state index is 11.5. The molecular formula is C15H19N3O. The summed E-state index contributed by atoms with van der Waals surface area (Å²) in [6.07, 6.45) is 4.50. The van der Waals surface area contributed by atoms with Crippen LogP contribution in [0.4, 0.5) is 5.69 Å². The van der Waals surface area contributed by atoms with Gasteiger partial charge in [0.2, 0.25) is 5.91 Å². The van der Waals surface area contributed by atoms with E-state index in [2.05, 4.69) is 22.9 Å². The van der Waals surface area contributed by atoms with E-state index in [0.717, 1.165) is 17.8 Å². The standard InChI is InChI=1S/C15H19N3O/c1-16-15(19)9-13-5-3-4-6-14(13)17-10-12-7-8-18(2)11-12/h3-8,11,17H,9-10H2,1-2H3,(H,16,19). The predicted octanol–water partition coefficient (Wildman–Crippen LogP) is 1.93. The summed E-state index contributed by atoms with van der Waals surface area (Å²) in [5, 5.41) is 6.03. The number of hydrogen-bond donors (Lipinski definition) is 2. The third-order valence-electron chi connectivity index (χ3n) is 3.02. The Hall–Kier alpha value is -2.23. The van der Waals surface area contributed by atoms with Gasteiger partial charge < -0.3 is 15.2 Å². The van der Waals surface area contributed by atoms with Crippen LogP contribution in [-0.4, -0.2) is 17.5 Å². The van der Waals surface area contributed by atoms with E-state index in [-0.39, 0.29) is 5.91 Å². The number of anilines is 1. The van der Waals surface area contributed by atoms with Crippen molar-refractivity contribution >= 4 is 11.6 Å². The number of amides is 1. The second kappa shape index (κ2) is 6.09. The number of rotatable bonds is 5. The van der Waals surface area contributed by atoms with E-state index in [1.54, 1.807) is 7.05 Å². The molecule has 0 fully saturated rings. The number of carbonyl (C=O) groups excluding carboxylic acids is 1. The second-order valence-corrected chi connectivity index (χ2v) is 4.55. The molecule has 0 saturated heterocycles. The Bertz CT molecular complexity index is 560. The Balaban J connectivity index is 2.05. The van der Waals surface area contributed by atoms with Crippen molar-refractivity contribution in [2.24, 2.45) is 7.05 Å². The lowest BCUT2D eigenvalue weighted by Crippen LogP contribution is -2.20. The molecule has 0 saturated carbocycles. The molecule has 1 heterocycles. The summed E-state index contributed by atoms with van der Waals surface area (Å²) in [6, 6.07) is 9.98. The molecule has 4 heteroatoms. The van der Waals surface area contributed by atoms with Crippen molar-refractivity contribution in [3.05, 3.63) is 53.9 Å². The van der Waals surface area contributed by atoms with E-state index in [1.165, 1.54) is 5.56 Å².